The maximum Gasteiger partial charge on any atom is 0.269 e. The number of aromatic nitrogens is 3. The number of carbonyl (C=O) groups excluding carboxylic acids is 2. The molecule has 2 saturated heterocycles. The average molecular weight is 651 g/mol. The Morgan fingerprint density at radius 3 is 2.61 bits per heavy atom. The first-order valence-corrected chi connectivity index (χ1v) is 18.8. The summed E-state index contributed by atoms with van der Waals surface area (Å²) in [4.78, 5) is 41.8. The van der Waals surface area contributed by atoms with Gasteiger partial charge in [-0.05, 0) is 56.1 Å². The number of carbonyl (C=O) groups is 2. The van der Waals surface area contributed by atoms with Crippen molar-refractivity contribution in [3.05, 3.63) is 75.6 Å². The number of hydrogen-bond acceptors (Lipinski definition) is 8. The monoisotopic (exact) mass is 650 g/mol. The Morgan fingerprint density at radius 1 is 1.17 bits per heavy atom. The van der Waals surface area contributed by atoms with Gasteiger partial charge in [-0.3, -0.25) is 24.4 Å². The van der Waals surface area contributed by atoms with Gasteiger partial charge in [-0.1, -0.05) is 24.3 Å². The smallest absolute Gasteiger partial charge is 0.269 e. The summed E-state index contributed by atoms with van der Waals surface area (Å²) in [6, 6.07) is 11.9. The quantitative estimate of drug-likeness (QED) is 0.145. The number of hydrogen-bond donors (Lipinski definition) is 1. The van der Waals surface area contributed by atoms with Crippen molar-refractivity contribution in [2.45, 2.75) is 82.5 Å². The molecule has 4 heterocycles. The van der Waals surface area contributed by atoms with E-state index in [2.05, 4.69) is 10.3 Å². The van der Waals surface area contributed by atoms with Crippen molar-refractivity contribution >= 4 is 37.3 Å². The first-order chi connectivity index (χ1) is 21.9. The lowest BCUT2D eigenvalue weighted by atomic mass is 9.82. The highest BCUT2D eigenvalue weighted by Crippen LogP contribution is 2.60. The van der Waals surface area contributed by atoms with Gasteiger partial charge in [0.25, 0.3) is 11.6 Å². The van der Waals surface area contributed by atoms with Gasteiger partial charge in [0.2, 0.25) is 14.3 Å². The molecule has 2 amide bonds. The van der Waals surface area contributed by atoms with Gasteiger partial charge in [-0.15, -0.1) is 5.10 Å². The minimum atomic E-state index is -3.44. The number of anilines is 2. The highest BCUT2D eigenvalue weighted by atomic mass is 28.4. The molecule has 12 nitrogen and oxygen atoms in total. The van der Waals surface area contributed by atoms with Crippen LogP contribution in [0, 0.1) is 16.0 Å². The molecule has 1 N–H and O–H groups in total. The zero-order chi connectivity index (χ0) is 32.8. The molecule has 0 saturated carbocycles. The number of rotatable bonds is 10. The number of nitro benzene ring substituents is 1. The number of benzene rings is 2. The maximum atomic E-state index is 16.2. The Bertz CT molecular complexity index is 1640. The number of nitrogens with zero attached hydrogens (tertiary/aromatic N) is 6. The number of aryl methyl sites for hydroxylation is 1. The van der Waals surface area contributed by atoms with Gasteiger partial charge in [0.05, 0.1) is 29.0 Å². The van der Waals surface area contributed by atoms with Gasteiger partial charge >= 0.3 is 0 Å². The van der Waals surface area contributed by atoms with Crippen molar-refractivity contribution in [1.29, 1.82) is 0 Å². The van der Waals surface area contributed by atoms with Crippen LogP contribution in [0.2, 0.25) is 18.6 Å². The third-order valence-corrected chi connectivity index (χ3v) is 12.1. The minimum Gasteiger partial charge on any atom is -0.396 e. The summed E-state index contributed by atoms with van der Waals surface area (Å²) in [7, 11) is -3.44. The minimum absolute atomic E-state index is 0.0550. The SMILES string of the molecule is C[C@@H]1[C@@H]([Si](C)(C)F)[C@H](CCn2cc(CCO)nn2)O[C@@]12C(=O)N(Cc1ccc(N3CCCCC3=O)cc1)c1ccc([N+](=O)[O-])cc12. The second-order valence-electron chi connectivity index (χ2n) is 13.0. The Morgan fingerprint density at radius 2 is 1.93 bits per heavy atom. The molecule has 3 aliphatic rings. The lowest BCUT2D eigenvalue weighted by Gasteiger charge is -2.31. The number of amides is 2. The number of fused-ring (bicyclic) bond motifs is 2. The molecule has 3 aliphatic heterocycles. The second kappa shape index (κ2) is 12.3. The van der Waals surface area contributed by atoms with Gasteiger partial charge < -0.3 is 23.8 Å². The van der Waals surface area contributed by atoms with Crippen molar-refractivity contribution in [3.8, 4) is 0 Å². The summed E-state index contributed by atoms with van der Waals surface area (Å²) in [5, 5.41) is 29.3. The Kier molecular flexibility index (Phi) is 8.54. The third-order valence-electron chi connectivity index (χ3n) is 9.66. The van der Waals surface area contributed by atoms with Crippen LogP contribution in [0.5, 0.6) is 0 Å². The zero-order valence-corrected chi connectivity index (χ0v) is 27.3. The highest BCUT2D eigenvalue weighted by Gasteiger charge is 2.66. The van der Waals surface area contributed by atoms with Gasteiger partial charge in [-0.2, -0.15) is 0 Å². The second-order valence-corrected chi connectivity index (χ2v) is 16.8. The summed E-state index contributed by atoms with van der Waals surface area (Å²) in [6.07, 6.45) is 4.16. The standard InChI is InChI=1S/C32H39FN6O6Si/c1-21-30(46(2,3)33)28(13-16-36-20-23(14-17-40)34-35-36)45-32(21)26-18-25(39(43)44)11-12-27(26)38(31(32)42)19-22-7-9-24(10-8-22)37-15-5-4-6-29(37)41/h7-12,18,20-21,28,30,40H,4-6,13-17,19H2,1-3H3/t21-,28+,30-,32+/m1/s1. The van der Waals surface area contributed by atoms with Crippen LogP contribution in [-0.2, 0) is 39.4 Å². The molecular weight excluding hydrogens is 611 g/mol. The van der Waals surface area contributed by atoms with E-state index in [1.165, 1.54) is 12.1 Å². The summed E-state index contributed by atoms with van der Waals surface area (Å²) < 4.78 is 24.5. The van der Waals surface area contributed by atoms with Gasteiger partial charge in [0.15, 0.2) is 5.60 Å². The first kappa shape index (κ1) is 31.9. The molecular formula is C32H39FN6O6Si. The molecule has 0 radical (unpaired) electrons. The molecule has 1 aromatic heterocycles. The third kappa shape index (κ3) is 5.62. The van der Waals surface area contributed by atoms with E-state index in [1.807, 2.05) is 31.2 Å². The van der Waals surface area contributed by atoms with E-state index in [0.717, 1.165) is 24.1 Å². The molecule has 244 valence electrons. The van der Waals surface area contributed by atoms with Crippen LogP contribution in [-0.4, -0.2) is 64.5 Å². The normalized spacial score (nSPS) is 24.7. The van der Waals surface area contributed by atoms with Crippen LogP contribution < -0.4 is 9.80 Å². The lowest BCUT2D eigenvalue weighted by molar-refractivity contribution is -0.385. The Balaban J connectivity index is 1.33. The highest BCUT2D eigenvalue weighted by molar-refractivity contribution is 6.72. The number of non-ortho nitro benzene ring substituents is 1. The number of ether oxygens (including phenoxy) is 1. The molecule has 4 atom stereocenters. The van der Waals surface area contributed by atoms with E-state index >= 15 is 4.11 Å². The zero-order valence-electron chi connectivity index (χ0n) is 26.3. The van der Waals surface area contributed by atoms with E-state index < -0.39 is 36.5 Å². The van der Waals surface area contributed by atoms with E-state index in [9.17, 15) is 24.8 Å². The molecule has 0 aliphatic carbocycles. The van der Waals surface area contributed by atoms with Gasteiger partial charge in [0, 0.05) is 73.6 Å². The predicted octanol–water partition coefficient (Wildman–Crippen LogP) is 4.65. The number of halogens is 1. The van der Waals surface area contributed by atoms with Crippen LogP contribution >= 0.6 is 0 Å². The molecule has 3 aromatic rings. The van der Waals surface area contributed by atoms with Crippen LogP contribution in [0.25, 0.3) is 0 Å². The Labute approximate surface area is 267 Å². The maximum absolute atomic E-state index is 16.2. The fraction of sp³-hybridized carbons (Fsp3) is 0.500. The average Bonchev–Trinajstić information content (AvgIpc) is 3.66. The van der Waals surface area contributed by atoms with Crippen molar-refractivity contribution < 1.29 is 28.5 Å². The van der Waals surface area contributed by atoms with Crippen LogP contribution in [0.1, 0.15) is 49.4 Å². The molecule has 0 unspecified atom stereocenters. The summed E-state index contributed by atoms with van der Waals surface area (Å²) >= 11 is 0. The first-order valence-electron chi connectivity index (χ1n) is 15.8. The summed E-state index contributed by atoms with van der Waals surface area (Å²) in [6.45, 7) is 6.19. The van der Waals surface area contributed by atoms with Crippen LogP contribution in [0.15, 0.2) is 48.7 Å². The van der Waals surface area contributed by atoms with Crippen molar-refractivity contribution in [3.63, 3.8) is 0 Å². The van der Waals surface area contributed by atoms with Crippen molar-refractivity contribution in [2.75, 3.05) is 23.0 Å². The fourth-order valence-electron chi connectivity index (χ4n) is 7.55. The number of piperidine rings is 1. The van der Waals surface area contributed by atoms with Gasteiger partial charge in [-0.25, -0.2) is 0 Å². The molecule has 0 bridgehead atoms. The lowest BCUT2D eigenvalue weighted by Crippen LogP contribution is -2.45. The number of nitro groups is 1. The molecule has 6 rings (SSSR count). The summed E-state index contributed by atoms with van der Waals surface area (Å²) in [5.41, 5.74) is 0.782. The molecule has 2 fully saturated rings. The topological polar surface area (TPSA) is 144 Å². The number of aliphatic hydroxyl groups excluding tert-OH is 1. The summed E-state index contributed by atoms with van der Waals surface area (Å²) in [5.74, 6) is -0.880. The number of aliphatic hydroxyl groups is 1. The largest absolute Gasteiger partial charge is 0.396 e. The van der Waals surface area contributed by atoms with E-state index in [0.29, 0.717) is 49.3 Å². The Hall–Kier alpha value is -4.01. The van der Waals surface area contributed by atoms with Gasteiger partial charge in [0.1, 0.15) is 0 Å². The fourth-order valence-corrected chi connectivity index (χ4v) is 10.1. The van der Waals surface area contributed by atoms with Crippen LogP contribution in [0.4, 0.5) is 21.2 Å². The molecule has 2 aromatic carbocycles. The molecule has 46 heavy (non-hydrogen) atoms. The van der Waals surface area contributed by atoms with E-state index in [4.69, 9.17) is 4.74 Å². The van der Waals surface area contributed by atoms with E-state index in [1.54, 1.807) is 39.8 Å². The molecule has 14 heteroatoms. The predicted molar refractivity (Wildman–Crippen MR) is 170 cm³/mol. The molecule has 1 spiro atoms. The van der Waals surface area contributed by atoms with Crippen molar-refractivity contribution in [1.82, 2.24) is 15.0 Å². The van der Waals surface area contributed by atoms with Crippen LogP contribution in [0.3, 0.4) is 0 Å². The van der Waals surface area contributed by atoms with E-state index in [-0.39, 0.29) is 30.7 Å². The van der Waals surface area contributed by atoms with Crippen molar-refractivity contribution in [2.24, 2.45) is 5.92 Å².